The van der Waals surface area contributed by atoms with E-state index < -0.39 is 23.4 Å². The Bertz CT molecular complexity index is 646. The van der Waals surface area contributed by atoms with Crippen molar-refractivity contribution in [3.8, 4) is 0 Å². The maximum Gasteiger partial charge on any atom is 0.358 e. The van der Waals surface area contributed by atoms with Gasteiger partial charge in [0, 0.05) is 12.4 Å². The third kappa shape index (κ3) is 2.71. The molecule has 0 fully saturated rings. The number of nitrogens with one attached hydrogen (secondary N) is 1. The zero-order valence-electron chi connectivity index (χ0n) is 9.50. The van der Waals surface area contributed by atoms with Gasteiger partial charge < -0.3 is 10.4 Å². The lowest BCUT2D eigenvalue weighted by Gasteiger charge is -2.06. The Labute approximate surface area is 106 Å². The van der Waals surface area contributed by atoms with Crippen molar-refractivity contribution in [3.05, 3.63) is 53.7 Å². The Kier molecular flexibility index (Phi) is 3.46. The van der Waals surface area contributed by atoms with Gasteiger partial charge in [-0.15, -0.1) is 0 Å². The van der Waals surface area contributed by atoms with Crippen molar-refractivity contribution in [1.82, 2.24) is 9.97 Å². The number of aromatic nitrogens is 2. The molecule has 0 aliphatic heterocycles. The van der Waals surface area contributed by atoms with Crippen LogP contribution in [0.25, 0.3) is 0 Å². The minimum atomic E-state index is -1.34. The lowest BCUT2D eigenvalue weighted by atomic mass is 10.2. The van der Waals surface area contributed by atoms with Crippen LogP contribution in [0.4, 0.5) is 10.2 Å². The number of carboxylic acids is 1. The molecule has 7 heteroatoms. The quantitative estimate of drug-likeness (QED) is 0.874. The highest BCUT2D eigenvalue weighted by Gasteiger charge is 2.17. The van der Waals surface area contributed by atoms with Crippen LogP contribution in [-0.4, -0.2) is 27.0 Å². The van der Waals surface area contributed by atoms with Crippen LogP contribution in [0.2, 0.25) is 0 Å². The maximum atomic E-state index is 13.4. The predicted molar refractivity (Wildman–Crippen MR) is 63.3 cm³/mol. The van der Waals surface area contributed by atoms with E-state index in [1.165, 1.54) is 30.6 Å². The highest BCUT2D eigenvalue weighted by Crippen LogP contribution is 2.12. The molecular weight excluding hydrogens is 253 g/mol. The molecule has 0 bridgehead atoms. The van der Waals surface area contributed by atoms with Gasteiger partial charge in [0.1, 0.15) is 5.82 Å². The molecule has 0 saturated heterocycles. The number of carbonyl (C=O) groups excluding carboxylic acids is 1. The molecule has 0 spiro atoms. The van der Waals surface area contributed by atoms with Crippen LogP contribution in [0.1, 0.15) is 20.8 Å². The summed E-state index contributed by atoms with van der Waals surface area (Å²) in [6.07, 6.45) is 2.41. The summed E-state index contributed by atoms with van der Waals surface area (Å²) in [5.41, 5.74) is -0.614. The van der Waals surface area contributed by atoms with E-state index >= 15 is 0 Å². The number of rotatable bonds is 3. The van der Waals surface area contributed by atoms with Gasteiger partial charge in [-0.3, -0.25) is 4.79 Å². The third-order valence-corrected chi connectivity index (χ3v) is 2.25. The third-order valence-electron chi connectivity index (χ3n) is 2.25. The highest BCUT2D eigenvalue weighted by molar-refractivity contribution is 6.06. The first kappa shape index (κ1) is 12.6. The zero-order valence-corrected chi connectivity index (χ0v) is 9.50. The average Bonchev–Trinajstić information content (AvgIpc) is 2.39. The Morgan fingerprint density at radius 1 is 1.16 bits per heavy atom. The van der Waals surface area contributed by atoms with Gasteiger partial charge in [0.15, 0.2) is 11.5 Å². The molecule has 1 aromatic carbocycles. The lowest BCUT2D eigenvalue weighted by Crippen LogP contribution is -2.18. The summed E-state index contributed by atoms with van der Waals surface area (Å²) in [7, 11) is 0. The second-order valence-electron chi connectivity index (χ2n) is 3.49. The summed E-state index contributed by atoms with van der Waals surface area (Å²) < 4.78 is 13.4. The summed E-state index contributed by atoms with van der Waals surface area (Å²) >= 11 is 0. The first-order valence-corrected chi connectivity index (χ1v) is 5.20. The van der Waals surface area contributed by atoms with E-state index in [9.17, 15) is 14.0 Å². The van der Waals surface area contributed by atoms with Crippen LogP contribution in [0, 0.1) is 5.82 Å². The van der Waals surface area contributed by atoms with E-state index in [0.29, 0.717) is 0 Å². The topological polar surface area (TPSA) is 92.2 Å². The minimum Gasteiger partial charge on any atom is -0.476 e. The second-order valence-corrected chi connectivity index (χ2v) is 3.49. The summed E-state index contributed by atoms with van der Waals surface area (Å²) in [4.78, 5) is 30.0. The van der Waals surface area contributed by atoms with Gasteiger partial charge >= 0.3 is 5.97 Å². The Morgan fingerprint density at radius 2 is 1.84 bits per heavy atom. The lowest BCUT2D eigenvalue weighted by molar-refractivity contribution is 0.0691. The van der Waals surface area contributed by atoms with Crippen LogP contribution in [0.3, 0.4) is 0 Å². The maximum absolute atomic E-state index is 13.4. The molecule has 2 rings (SSSR count). The van der Waals surface area contributed by atoms with Gasteiger partial charge in [0.25, 0.3) is 5.91 Å². The normalized spacial score (nSPS) is 9.95. The van der Waals surface area contributed by atoms with Crippen molar-refractivity contribution >= 4 is 17.7 Å². The van der Waals surface area contributed by atoms with Gasteiger partial charge in [-0.25, -0.2) is 19.2 Å². The Morgan fingerprint density at radius 3 is 2.53 bits per heavy atom. The molecule has 0 aliphatic rings. The van der Waals surface area contributed by atoms with Crippen molar-refractivity contribution in [1.29, 1.82) is 0 Å². The molecule has 0 atom stereocenters. The molecule has 0 radical (unpaired) electrons. The molecule has 0 saturated carbocycles. The van der Waals surface area contributed by atoms with Crippen molar-refractivity contribution in [2.24, 2.45) is 0 Å². The molecule has 0 aliphatic carbocycles. The first-order chi connectivity index (χ1) is 9.09. The van der Waals surface area contributed by atoms with Crippen LogP contribution < -0.4 is 5.32 Å². The van der Waals surface area contributed by atoms with Crippen molar-refractivity contribution < 1.29 is 19.1 Å². The number of carbonyl (C=O) groups is 2. The van der Waals surface area contributed by atoms with E-state index in [4.69, 9.17) is 5.11 Å². The fraction of sp³-hybridized carbons (Fsp3) is 0. The number of benzene rings is 1. The number of hydrogen-bond acceptors (Lipinski definition) is 4. The molecule has 0 unspecified atom stereocenters. The van der Waals surface area contributed by atoms with E-state index in [1.54, 1.807) is 0 Å². The van der Waals surface area contributed by atoms with E-state index in [2.05, 4.69) is 15.3 Å². The van der Waals surface area contributed by atoms with Crippen LogP contribution >= 0.6 is 0 Å². The van der Waals surface area contributed by atoms with Gasteiger partial charge in [-0.1, -0.05) is 12.1 Å². The number of carboxylic acid groups (broad SMARTS) is 1. The number of aromatic carboxylic acids is 1. The number of anilines is 1. The van der Waals surface area contributed by atoms with Crippen molar-refractivity contribution in [2.45, 2.75) is 0 Å². The Hall–Kier alpha value is -2.83. The van der Waals surface area contributed by atoms with Crippen molar-refractivity contribution in [2.75, 3.05) is 5.32 Å². The molecule has 6 nitrogen and oxygen atoms in total. The summed E-state index contributed by atoms with van der Waals surface area (Å²) in [6.45, 7) is 0. The van der Waals surface area contributed by atoms with Gasteiger partial charge in [0.2, 0.25) is 0 Å². The molecular formula is C12H8FN3O3. The fourth-order valence-electron chi connectivity index (χ4n) is 1.41. The fourth-order valence-corrected chi connectivity index (χ4v) is 1.41. The molecule has 96 valence electrons. The van der Waals surface area contributed by atoms with Gasteiger partial charge in [-0.2, -0.15) is 0 Å². The second kappa shape index (κ2) is 5.21. The van der Waals surface area contributed by atoms with Gasteiger partial charge in [-0.05, 0) is 12.1 Å². The number of halogens is 1. The minimum absolute atomic E-state index is 0.204. The smallest absolute Gasteiger partial charge is 0.358 e. The van der Waals surface area contributed by atoms with E-state index in [0.717, 1.165) is 6.07 Å². The number of hydrogen-bond donors (Lipinski definition) is 2. The SMILES string of the molecule is O=C(Nc1nccnc1C(=O)O)c1ccccc1F. The van der Waals surface area contributed by atoms with Crippen LogP contribution in [0.15, 0.2) is 36.7 Å². The van der Waals surface area contributed by atoms with Gasteiger partial charge in [0.05, 0.1) is 5.56 Å². The number of nitrogens with zero attached hydrogens (tertiary/aromatic N) is 2. The molecule has 1 heterocycles. The van der Waals surface area contributed by atoms with E-state index in [-0.39, 0.29) is 11.4 Å². The molecule has 1 amide bonds. The monoisotopic (exact) mass is 261 g/mol. The zero-order chi connectivity index (χ0) is 13.8. The largest absolute Gasteiger partial charge is 0.476 e. The van der Waals surface area contributed by atoms with E-state index in [1.807, 2.05) is 0 Å². The highest BCUT2D eigenvalue weighted by atomic mass is 19.1. The molecule has 1 aromatic heterocycles. The van der Waals surface area contributed by atoms with Crippen LogP contribution in [0.5, 0.6) is 0 Å². The summed E-state index contributed by atoms with van der Waals surface area (Å²) in [5, 5.41) is 11.1. The average molecular weight is 261 g/mol. The standard InChI is InChI=1S/C12H8FN3O3/c13-8-4-2-1-3-7(8)11(17)16-10-9(12(18)19)14-5-6-15-10/h1-6H,(H,18,19)(H,15,16,17). The predicted octanol–water partition coefficient (Wildman–Crippen LogP) is 1.57. The molecule has 2 N–H and O–H groups in total. The first-order valence-electron chi connectivity index (χ1n) is 5.20. The summed E-state index contributed by atoms with van der Waals surface area (Å²) in [5.74, 6) is -3.07. The molecule has 2 aromatic rings. The van der Waals surface area contributed by atoms with Crippen molar-refractivity contribution in [3.63, 3.8) is 0 Å². The number of amides is 1. The van der Waals surface area contributed by atoms with Crippen LogP contribution in [-0.2, 0) is 0 Å². The summed E-state index contributed by atoms with van der Waals surface area (Å²) in [6, 6.07) is 5.34. The molecule has 19 heavy (non-hydrogen) atoms. The Balaban J connectivity index is 2.30.